The summed E-state index contributed by atoms with van der Waals surface area (Å²) in [6.07, 6.45) is 1.51. The van der Waals surface area contributed by atoms with Crippen molar-refractivity contribution in [1.29, 1.82) is 0 Å². The molecule has 2 aromatic rings. The molecule has 0 unspecified atom stereocenters. The zero-order valence-corrected chi connectivity index (χ0v) is 18.1. The number of benzene rings is 2. The van der Waals surface area contributed by atoms with E-state index in [0.29, 0.717) is 0 Å². The number of rotatable bonds is 4. The van der Waals surface area contributed by atoms with E-state index in [1.165, 1.54) is 5.56 Å². The van der Waals surface area contributed by atoms with E-state index < -0.39 is 8.32 Å². The summed E-state index contributed by atoms with van der Waals surface area (Å²) in [6.45, 7) is 11.3. The van der Waals surface area contributed by atoms with Gasteiger partial charge in [0.05, 0.1) is 12.1 Å². The van der Waals surface area contributed by atoms with Crippen LogP contribution in [0, 0.1) is 0 Å². The smallest absolute Gasteiger partial charge is 0.251 e. The maximum Gasteiger partial charge on any atom is 0.251 e. The normalized spacial score (nSPS) is 20.6. The standard InChI is InChI=1S/C23H31NO2Si/c1-23(2,3)27(4,5)26-21-16-18-13-9-10-14-19(18)22(25)24-20(21)15-17-11-7-6-8-12-17/h6-14,20-21H,15-16H2,1-5H3,(H,24,25)/t20-,21-/m1/s1. The first-order chi connectivity index (χ1) is 12.7. The molecular weight excluding hydrogens is 350 g/mol. The number of amides is 1. The predicted octanol–water partition coefficient (Wildman–Crippen LogP) is 4.97. The van der Waals surface area contributed by atoms with Crippen LogP contribution in [0.3, 0.4) is 0 Å². The average Bonchev–Trinajstić information content (AvgIpc) is 2.72. The van der Waals surface area contributed by atoms with Gasteiger partial charge in [-0.25, -0.2) is 0 Å². The lowest BCUT2D eigenvalue weighted by Gasteiger charge is -2.41. The van der Waals surface area contributed by atoms with Crippen molar-refractivity contribution in [2.45, 2.75) is 63.9 Å². The van der Waals surface area contributed by atoms with E-state index in [-0.39, 0.29) is 23.1 Å². The Morgan fingerprint density at radius 2 is 1.67 bits per heavy atom. The van der Waals surface area contributed by atoms with Gasteiger partial charge in [0.15, 0.2) is 8.32 Å². The highest BCUT2D eigenvalue weighted by Crippen LogP contribution is 2.38. The van der Waals surface area contributed by atoms with Gasteiger partial charge < -0.3 is 9.74 Å². The largest absolute Gasteiger partial charge is 0.411 e. The van der Waals surface area contributed by atoms with Crippen LogP contribution in [0.1, 0.15) is 42.3 Å². The Morgan fingerprint density at radius 1 is 1.04 bits per heavy atom. The molecular formula is C23H31NO2Si. The van der Waals surface area contributed by atoms with Gasteiger partial charge in [-0.3, -0.25) is 4.79 Å². The molecule has 1 aliphatic rings. The highest BCUT2D eigenvalue weighted by Gasteiger charge is 2.42. The SMILES string of the molecule is CC(C)(C)[Si](C)(C)O[C@@H]1Cc2ccccc2C(=O)N[C@@H]1Cc1ccccc1. The van der Waals surface area contributed by atoms with Crippen LogP contribution >= 0.6 is 0 Å². The topological polar surface area (TPSA) is 38.3 Å². The molecule has 0 saturated heterocycles. The van der Waals surface area contributed by atoms with Crippen molar-refractivity contribution in [3.8, 4) is 0 Å². The van der Waals surface area contributed by atoms with Gasteiger partial charge in [-0.05, 0) is 41.7 Å². The summed E-state index contributed by atoms with van der Waals surface area (Å²) in [5, 5.41) is 3.39. The highest BCUT2D eigenvalue weighted by atomic mass is 28.4. The summed E-state index contributed by atoms with van der Waals surface area (Å²) >= 11 is 0. The van der Waals surface area contributed by atoms with Gasteiger partial charge >= 0.3 is 0 Å². The zero-order valence-electron chi connectivity index (χ0n) is 17.1. The van der Waals surface area contributed by atoms with Gasteiger partial charge in [0, 0.05) is 12.0 Å². The third-order valence-electron chi connectivity index (χ3n) is 6.00. The lowest BCUT2D eigenvalue weighted by atomic mass is 9.97. The molecule has 0 bridgehead atoms. The second kappa shape index (κ2) is 7.61. The molecule has 3 nitrogen and oxygen atoms in total. The van der Waals surface area contributed by atoms with E-state index in [4.69, 9.17) is 4.43 Å². The van der Waals surface area contributed by atoms with E-state index >= 15 is 0 Å². The van der Waals surface area contributed by atoms with Gasteiger partial charge in [0.2, 0.25) is 0 Å². The predicted molar refractivity (Wildman–Crippen MR) is 114 cm³/mol. The fraction of sp³-hybridized carbons (Fsp3) is 0.435. The average molecular weight is 382 g/mol. The Kier molecular flexibility index (Phi) is 5.59. The molecule has 27 heavy (non-hydrogen) atoms. The Bertz CT molecular complexity index is 796. The van der Waals surface area contributed by atoms with Crippen LogP contribution < -0.4 is 5.32 Å². The summed E-state index contributed by atoms with van der Waals surface area (Å²) in [5.41, 5.74) is 3.07. The van der Waals surface area contributed by atoms with Crippen molar-refractivity contribution in [3.05, 3.63) is 71.3 Å². The van der Waals surface area contributed by atoms with Crippen LogP contribution in [0.5, 0.6) is 0 Å². The second-order valence-corrected chi connectivity index (χ2v) is 13.8. The van der Waals surface area contributed by atoms with Crippen molar-refractivity contribution in [3.63, 3.8) is 0 Å². The van der Waals surface area contributed by atoms with Crippen molar-refractivity contribution in [2.24, 2.45) is 0 Å². The minimum absolute atomic E-state index is 0.00728. The van der Waals surface area contributed by atoms with Crippen LogP contribution in [0.15, 0.2) is 54.6 Å². The minimum atomic E-state index is -1.97. The van der Waals surface area contributed by atoms with Gasteiger partial charge in [0.25, 0.3) is 5.91 Å². The molecule has 2 aromatic carbocycles. The monoisotopic (exact) mass is 381 g/mol. The van der Waals surface area contributed by atoms with E-state index in [9.17, 15) is 4.79 Å². The van der Waals surface area contributed by atoms with Crippen LogP contribution in [0.4, 0.5) is 0 Å². The van der Waals surface area contributed by atoms with Gasteiger partial charge in [-0.1, -0.05) is 69.3 Å². The third kappa shape index (κ3) is 4.50. The molecule has 0 saturated carbocycles. The molecule has 2 atom stereocenters. The van der Waals surface area contributed by atoms with Crippen LogP contribution in [0.2, 0.25) is 18.1 Å². The van der Waals surface area contributed by atoms with Crippen LogP contribution in [-0.2, 0) is 17.3 Å². The second-order valence-electron chi connectivity index (χ2n) is 9.05. The summed E-state index contributed by atoms with van der Waals surface area (Å²) in [6, 6.07) is 18.2. The van der Waals surface area contributed by atoms with Crippen molar-refractivity contribution < 1.29 is 9.22 Å². The fourth-order valence-corrected chi connectivity index (χ4v) is 4.71. The number of carbonyl (C=O) groups excluding carboxylic acids is 1. The van der Waals surface area contributed by atoms with Crippen molar-refractivity contribution in [1.82, 2.24) is 5.32 Å². The van der Waals surface area contributed by atoms with E-state index in [2.05, 4.69) is 57.4 Å². The first kappa shape index (κ1) is 19.8. The summed E-state index contributed by atoms with van der Waals surface area (Å²) < 4.78 is 6.84. The van der Waals surface area contributed by atoms with Gasteiger partial charge in [0.1, 0.15) is 0 Å². The number of carbonyl (C=O) groups is 1. The summed E-state index contributed by atoms with van der Waals surface area (Å²) in [4.78, 5) is 12.9. The summed E-state index contributed by atoms with van der Waals surface area (Å²) in [7, 11) is -1.97. The maximum atomic E-state index is 12.9. The van der Waals surface area contributed by atoms with E-state index in [1.54, 1.807) is 0 Å². The maximum absolute atomic E-state index is 12.9. The molecule has 3 rings (SSSR count). The molecule has 0 aromatic heterocycles. The Labute approximate surface area is 164 Å². The molecule has 0 aliphatic carbocycles. The lowest BCUT2D eigenvalue weighted by molar-refractivity contribution is 0.0874. The van der Waals surface area contributed by atoms with Crippen LogP contribution in [-0.4, -0.2) is 26.4 Å². The minimum Gasteiger partial charge on any atom is -0.411 e. The molecule has 1 aliphatic heterocycles. The molecule has 0 spiro atoms. The van der Waals surface area contributed by atoms with E-state index in [1.807, 2.05) is 36.4 Å². The van der Waals surface area contributed by atoms with Gasteiger partial charge in [-0.15, -0.1) is 0 Å². The first-order valence-electron chi connectivity index (χ1n) is 9.78. The van der Waals surface area contributed by atoms with Gasteiger partial charge in [-0.2, -0.15) is 0 Å². The molecule has 1 heterocycles. The zero-order chi connectivity index (χ0) is 19.7. The lowest BCUT2D eigenvalue weighted by Crippen LogP contribution is -2.52. The Morgan fingerprint density at radius 3 is 2.33 bits per heavy atom. The molecule has 1 amide bonds. The number of nitrogens with one attached hydrogen (secondary N) is 1. The summed E-state index contributed by atoms with van der Waals surface area (Å²) in [5.74, 6) is 0.00728. The number of hydrogen-bond acceptors (Lipinski definition) is 2. The molecule has 0 radical (unpaired) electrons. The van der Waals surface area contributed by atoms with Crippen molar-refractivity contribution >= 4 is 14.2 Å². The van der Waals surface area contributed by atoms with Crippen molar-refractivity contribution in [2.75, 3.05) is 0 Å². The van der Waals surface area contributed by atoms with Crippen LogP contribution in [0.25, 0.3) is 0 Å². The quantitative estimate of drug-likeness (QED) is 0.759. The fourth-order valence-electron chi connectivity index (χ4n) is 3.35. The molecule has 0 fully saturated rings. The molecule has 1 N–H and O–H groups in total. The number of hydrogen-bond donors (Lipinski definition) is 1. The Hall–Kier alpha value is -1.91. The first-order valence-corrected chi connectivity index (χ1v) is 12.7. The number of fused-ring (bicyclic) bond motifs is 1. The third-order valence-corrected chi connectivity index (χ3v) is 10.5. The van der Waals surface area contributed by atoms with E-state index in [0.717, 1.165) is 24.0 Å². The highest BCUT2D eigenvalue weighted by molar-refractivity contribution is 6.74. The molecule has 144 valence electrons. The molecule has 4 heteroatoms. The Balaban J connectivity index is 1.94.